The Labute approximate surface area is 102 Å². The maximum absolute atomic E-state index is 7.07. The number of hydrogen-bond acceptors (Lipinski definition) is 2. The molecule has 1 aromatic rings. The second kappa shape index (κ2) is 6.28. The largest absolute Gasteiger partial charge is 0.404 e. The number of nitrogens with one attached hydrogen (secondary N) is 1. The summed E-state index contributed by atoms with van der Waals surface area (Å²) in [7, 11) is 0. The molecule has 0 radical (unpaired) electrons. The topological polar surface area (TPSA) is 49.9 Å². The third-order valence-electron chi connectivity index (χ3n) is 2.43. The Morgan fingerprint density at radius 3 is 1.82 bits per heavy atom. The molecule has 0 unspecified atom stereocenters. The van der Waals surface area contributed by atoms with Crippen molar-refractivity contribution in [1.82, 2.24) is 0 Å². The summed E-state index contributed by atoms with van der Waals surface area (Å²) in [6.45, 7) is 7.43. The Balaban J connectivity index is 3.11. The molecule has 0 fully saturated rings. The quantitative estimate of drug-likeness (QED) is 0.584. The van der Waals surface area contributed by atoms with Gasteiger partial charge in [-0.2, -0.15) is 0 Å². The van der Waals surface area contributed by atoms with Crippen LogP contribution in [0.3, 0.4) is 0 Å². The molecule has 2 nitrogen and oxygen atoms in total. The highest BCUT2D eigenvalue weighted by molar-refractivity contribution is 5.87. The van der Waals surface area contributed by atoms with Crippen LogP contribution in [0, 0.1) is 5.41 Å². The van der Waals surface area contributed by atoms with Gasteiger partial charge in [-0.3, -0.25) is 0 Å². The molecule has 0 aliphatic rings. The Morgan fingerprint density at radius 1 is 1.00 bits per heavy atom. The molecule has 0 amide bonds. The summed E-state index contributed by atoms with van der Waals surface area (Å²) < 4.78 is 0. The van der Waals surface area contributed by atoms with E-state index in [2.05, 4.69) is 13.2 Å². The first kappa shape index (κ1) is 12.7. The van der Waals surface area contributed by atoms with Gasteiger partial charge in [0.1, 0.15) is 0 Å². The van der Waals surface area contributed by atoms with Crippen molar-refractivity contribution in [3.05, 3.63) is 73.0 Å². The Morgan fingerprint density at radius 2 is 1.47 bits per heavy atom. The van der Waals surface area contributed by atoms with Crippen LogP contribution in [0.1, 0.15) is 11.1 Å². The molecule has 17 heavy (non-hydrogen) atoms. The van der Waals surface area contributed by atoms with E-state index in [9.17, 15) is 0 Å². The van der Waals surface area contributed by atoms with Crippen molar-refractivity contribution >= 4 is 17.4 Å². The smallest absolute Gasteiger partial charge is 0.0183 e. The van der Waals surface area contributed by atoms with Gasteiger partial charge in [-0.15, -0.1) is 0 Å². The lowest BCUT2D eigenvalue weighted by molar-refractivity contribution is 1.53. The van der Waals surface area contributed by atoms with Crippen LogP contribution in [0.15, 0.2) is 61.9 Å². The van der Waals surface area contributed by atoms with E-state index < -0.39 is 0 Å². The van der Waals surface area contributed by atoms with Gasteiger partial charge in [-0.25, -0.2) is 0 Å². The minimum atomic E-state index is 0.896. The van der Waals surface area contributed by atoms with Gasteiger partial charge in [-0.1, -0.05) is 49.6 Å². The molecule has 3 N–H and O–H groups in total. The lowest BCUT2D eigenvalue weighted by Gasteiger charge is -2.05. The second-order valence-corrected chi connectivity index (χ2v) is 3.40. The van der Waals surface area contributed by atoms with Gasteiger partial charge in [0.25, 0.3) is 0 Å². The van der Waals surface area contributed by atoms with Gasteiger partial charge in [0.05, 0.1) is 0 Å². The van der Waals surface area contributed by atoms with E-state index in [1.165, 1.54) is 12.4 Å². The Kier molecular flexibility index (Phi) is 4.70. The fourth-order valence-corrected chi connectivity index (χ4v) is 1.51. The van der Waals surface area contributed by atoms with Gasteiger partial charge in [-0.05, 0) is 28.3 Å². The molecule has 0 saturated carbocycles. The summed E-state index contributed by atoms with van der Waals surface area (Å²) in [6.07, 6.45) is 7.93. The molecule has 0 saturated heterocycles. The van der Waals surface area contributed by atoms with Crippen LogP contribution in [0.5, 0.6) is 0 Å². The van der Waals surface area contributed by atoms with Crippen molar-refractivity contribution in [2.45, 2.75) is 0 Å². The van der Waals surface area contributed by atoms with Crippen LogP contribution >= 0.6 is 0 Å². The molecule has 1 rings (SSSR count). The number of rotatable bonds is 5. The summed E-state index contributed by atoms with van der Waals surface area (Å²) in [5.74, 6) is 0. The third-order valence-corrected chi connectivity index (χ3v) is 2.43. The number of nitrogens with two attached hydrogens (primary N) is 1. The molecule has 0 aromatic heterocycles. The van der Waals surface area contributed by atoms with Crippen molar-refractivity contribution in [2.75, 3.05) is 0 Å². The standard InChI is InChI=1S/C15H16N2/c1-3-12(9-10-16)14-5-7-15(8-6-14)13(4-2)11-17/h3-11,16H,1-2,17H2/b12-9+,13-11+,16-10?. The fourth-order valence-electron chi connectivity index (χ4n) is 1.51. The van der Waals surface area contributed by atoms with Gasteiger partial charge in [0, 0.05) is 12.4 Å². The van der Waals surface area contributed by atoms with E-state index in [0.717, 1.165) is 22.3 Å². The van der Waals surface area contributed by atoms with Crippen LogP contribution in [-0.4, -0.2) is 6.21 Å². The van der Waals surface area contributed by atoms with Crippen molar-refractivity contribution in [3.8, 4) is 0 Å². The first-order chi connectivity index (χ1) is 8.26. The highest BCUT2D eigenvalue weighted by atomic mass is 14.5. The normalized spacial score (nSPS) is 12.0. The maximum Gasteiger partial charge on any atom is 0.0183 e. The molecule has 0 atom stereocenters. The monoisotopic (exact) mass is 224 g/mol. The number of benzene rings is 1. The molecule has 0 bridgehead atoms. The molecule has 2 heteroatoms. The summed E-state index contributed by atoms with van der Waals surface area (Å²) in [5, 5.41) is 7.07. The molecular formula is C15H16N2. The van der Waals surface area contributed by atoms with E-state index in [1.54, 1.807) is 18.2 Å². The van der Waals surface area contributed by atoms with E-state index in [-0.39, 0.29) is 0 Å². The summed E-state index contributed by atoms with van der Waals surface area (Å²) in [6, 6.07) is 7.88. The molecule has 0 aliphatic carbocycles. The molecule has 0 heterocycles. The average Bonchev–Trinajstić information content (AvgIpc) is 2.38. The molecule has 0 spiro atoms. The van der Waals surface area contributed by atoms with E-state index in [1.807, 2.05) is 24.3 Å². The number of hydrogen-bond donors (Lipinski definition) is 2. The first-order valence-corrected chi connectivity index (χ1v) is 5.25. The predicted octanol–water partition coefficient (Wildman–Crippen LogP) is 3.39. The van der Waals surface area contributed by atoms with Crippen molar-refractivity contribution < 1.29 is 0 Å². The van der Waals surface area contributed by atoms with Gasteiger partial charge < -0.3 is 11.1 Å². The highest BCUT2D eigenvalue weighted by Gasteiger charge is 1.99. The SMILES string of the molecule is C=C/C(=C\N)c1ccc(/C(C=C)=C/C=N)cc1. The maximum atomic E-state index is 7.07. The summed E-state index contributed by atoms with van der Waals surface area (Å²) >= 11 is 0. The first-order valence-electron chi connectivity index (χ1n) is 5.25. The van der Waals surface area contributed by atoms with E-state index >= 15 is 0 Å². The van der Waals surface area contributed by atoms with Crippen LogP contribution in [0.4, 0.5) is 0 Å². The predicted molar refractivity (Wildman–Crippen MR) is 75.8 cm³/mol. The zero-order chi connectivity index (χ0) is 12.7. The molecule has 1 aromatic carbocycles. The zero-order valence-electron chi connectivity index (χ0n) is 9.69. The van der Waals surface area contributed by atoms with Crippen molar-refractivity contribution in [3.63, 3.8) is 0 Å². The molecule has 0 aliphatic heterocycles. The minimum Gasteiger partial charge on any atom is -0.404 e. The fraction of sp³-hybridized carbons (Fsp3) is 0. The van der Waals surface area contributed by atoms with Crippen LogP contribution in [0.2, 0.25) is 0 Å². The van der Waals surface area contributed by atoms with Crippen LogP contribution in [0.25, 0.3) is 11.1 Å². The van der Waals surface area contributed by atoms with Gasteiger partial charge in [0.2, 0.25) is 0 Å². The number of allylic oxidation sites excluding steroid dienone is 5. The Bertz CT molecular complexity index is 476. The van der Waals surface area contributed by atoms with Crippen molar-refractivity contribution in [2.24, 2.45) is 5.73 Å². The third kappa shape index (κ3) is 3.05. The summed E-state index contributed by atoms with van der Waals surface area (Å²) in [5.41, 5.74) is 9.35. The van der Waals surface area contributed by atoms with Crippen LogP contribution in [-0.2, 0) is 0 Å². The second-order valence-electron chi connectivity index (χ2n) is 3.40. The molecule has 86 valence electrons. The lowest BCUT2D eigenvalue weighted by atomic mass is 10.0. The lowest BCUT2D eigenvalue weighted by Crippen LogP contribution is -1.88. The van der Waals surface area contributed by atoms with Gasteiger partial charge >= 0.3 is 0 Å². The van der Waals surface area contributed by atoms with E-state index in [0.29, 0.717) is 0 Å². The summed E-state index contributed by atoms with van der Waals surface area (Å²) in [4.78, 5) is 0. The average molecular weight is 224 g/mol. The van der Waals surface area contributed by atoms with Gasteiger partial charge in [0.15, 0.2) is 0 Å². The zero-order valence-corrected chi connectivity index (χ0v) is 9.69. The molecular weight excluding hydrogens is 208 g/mol. The highest BCUT2D eigenvalue weighted by Crippen LogP contribution is 2.19. The Hall–Kier alpha value is -2.35. The van der Waals surface area contributed by atoms with Crippen LogP contribution < -0.4 is 5.73 Å². The van der Waals surface area contributed by atoms with Crippen molar-refractivity contribution in [1.29, 1.82) is 5.41 Å². The van der Waals surface area contributed by atoms with E-state index in [4.69, 9.17) is 11.1 Å². The minimum absolute atomic E-state index is 0.896.